The van der Waals surface area contributed by atoms with Crippen LogP contribution in [0.25, 0.3) is 0 Å². The molecule has 5 heteroatoms. The van der Waals surface area contributed by atoms with E-state index in [1.807, 2.05) is 38.1 Å². The zero-order chi connectivity index (χ0) is 15.6. The summed E-state index contributed by atoms with van der Waals surface area (Å²) in [5.41, 5.74) is 2.21. The number of carboxylic acid groups (broad SMARTS) is 1. The molecule has 21 heavy (non-hydrogen) atoms. The number of hydrogen-bond acceptors (Lipinski definition) is 3. The first-order chi connectivity index (χ1) is 9.91. The summed E-state index contributed by atoms with van der Waals surface area (Å²) in [6.07, 6.45) is -0.664. The molecule has 0 bridgehead atoms. The van der Waals surface area contributed by atoms with Crippen LogP contribution in [0, 0.1) is 6.92 Å². The molecule has 0 aliphatic carbocycles. The number of benzene rings is 1. The summed E-state index contributed by atoms with van der Waals surface area (Å²) in [4.78, 5) is 25.0. The number of carbonyl (C=O) groups excluding carboxylic acids is 1. The molecule has 5 nitrogen and oxygen atoms in total. The molecule has 2 rings (SSSR count). The van der Waals surface area contributed by atoms with Crippen LogP contribution in [0.3, 0.4) is 0 Å². The molecule has 1 aliphatic heterocycles. The lowest BCUT2D eigenvalue weighted by molar-refractivity contribution is -0.155. The molecule has 1 saturated heterocycles. The zero-order valence-corrected chi connectivity index (χ0v) is 12.6. The van der Waals surface area contributed by atoms with Crippen molar-refractivity contribution in [2.75, 3.05) is 7.05 Å². The predicted octanol–water partition coefficient (Wildman–Crippen LogP) is 2.15. The van der Waals surface area contributed by atoms with Gasteiger partial charge in [-0.2, -0.15) is 0 Å². The number of carbonyl (C=O) groups is 2. The first kappa shape index (κ1) is 15.5. The van der Waals surface area contributed by atoms with Crippen LogP contribution in [0.5, 0.6) is 0 Å². The van der Waals surface area contributed by atoms with Crippen LogP contribution in [-0.2, 0) is 14.3 Å². The Morgan fingerprint density at radius 3 is 2.48 bits per heavy atom. The minimum Gasteiger partial charge on any atom is -0.479 e. The Balaban J connectivity index is 2.06. The Kier molecular flexibility index (Phi) is 4.63. The van der Waals surface area contributed by atoms with Crippen molar-refractivity contribution in [1.82, 2.24) is 4.90 Å². The molecule has 1 aliphatic rings. The normalized spacial score (nSPS) is 22.8. The summed E-state index contributed by atoms with van der Waals surface area (Å²) in [7, 11) is 1.73. The molecule has 1 unspecified atom stereocenters. The van der Waals surface area contributed by atoms with E-state index in [4.69, 9.17) is 9.84 Å². The smallest absolute Gasteiger partial charge is 0.332 e. The maximum Gasteiger partial charge on any atom is 0.332 e. The summed E-state index contributed by atoms with van der Waals surface area (Å²) < 4.78 is 5.33. The average Bonchev–Trinajstić information content (AvgIpc) is 2.95. The third kappa shape index (κ3) is 3.24. The molecule has 1 aromatic rings. The Morgan fingerprint density at radius 2 is 1.90 bits per heavy atom. The maximum atomic E-state index is 12.4. The quantitative estimate of drug-likeness (QED) is 0.923. The van der Waals surface area contributed by atoms with Crippen molar-refractivity contribution in [2.45, 2.75) is 44.9 Å². The van der Waals surface area contributed by atoms with E-state index in [9.17, 15) is 9.59 Å². The Hall–Kier alpha value is -1.88. The van der Waals surface area contributed by atoms with Crippen molar-refractivity contribution in [1.29, 1.82) is 0 Å². The minimum atomic E-state index is -1.00. The Bertz CT molecular complexity index is 543. The highest BCUT2D eigenvalue weighted by atomic mass is 16.5. The second kappa shape index (κ2) is 6.26. The van der Waals surface area contributed by atoms with Crippen molar-refractivity contribution in [3.05, 3.63) is 35.4 Å². The van der Waals surface area contributed by atoms with E-state index in [0.29, 0.717) is 12.8 Å². The van der Waals surface area contributed by atoms with E-state index in [0.717, 1.165) is 11.1 Å². The lowest BCUT2D eigenvalue weighted by Crippen LogP contribution is -2.38. The highest BCUT2D eigenvalue weighted by Gasteiger charge is 2.37. The number of carboxylic acids is 1. The van der Waals surface area contributed by atoms with Crippen LogP contribution in [-0.4, -0.2) is 41.1 Å². The first-order valence-electron chi connectivity index (χ1n) is 7.12. The molecule has 1 amide bonds. The molecule has 0 saturated carbocycles. The lowest BCUT2D eigenvalue weighted by Gasteiger charge is -2.28. The molecule has 1 aromatic carbocycles. The molecule has 3 atom stereocenters. The van der Waals surface area contributed by atoms with E-state index in [-0.39, 0.29) is 11.9 Å². The summed E-state index contributed by atoms with van der Waals surface area (Å²) in [5.74, 6) is -1.16. The summed E-state index contributed by atoms with van der Waals surface area (Å²) in [6, 6.07) is 7.84. The van der Waals surface area contributed by atoms with E-state index in [2.05, 4.69) is 0 Å². The van der Waals surface area contributed by atoms with Gasteiger partial charge in [0.05, 0.1) is 6.04 Å². The summed E-state index contributed by atoms with van der Waals surface area (Å²) >= 11 is 0. The number of aliphatic carboxylic acids is 1. The fraction of sp³-hybridized carbons (Fsp3) is 0.500. The number of hydrogen-bond donors (Lipinski definition) is 1. The van der Waals surface area contributed by atoms with Gasteiger partial charge in [-0.15, -0.1) is 0 Å². The molecule has 1 fully saturated rings. The number of rotatable bonds is 4. The topological polar surface area (TPSA) is 66.8 Å². The van der Waals surface area contributed by atoms with Gasteiger partial charge in [0.25, 0.3) is 5.91 Å². The highest BCUT2D eigenvalue weighted by Crippen LogP contribution is 2.26. The highest BCUT2D eigenvalue weighted by molar-refractivity contribution is 5.83. The third-order valence-corrected chi connectivity index (χ3v) is 4.14. The molecule has 1 N–H and O–H groups in total. The maximum absolute atomic E-state index is 12.4. The minimum absolute atomic E-state index is 0.0776. The van der Waals surface area contributed by atoms with Crippen molar-refractivity contribution in [3.63, 3.8) is 0 Å². The molecule has 0 aromatic heterocycles. The zero-order valence-electron chi connectivity index (χ0n) is 12.6. The second-order valence-corrected chi connectivity index (χ2v) is 5.51. The van der Waals surface area contributed by atoms with Crippen LogP contribution in [0.1, 0.15) is 36.9 Å². The molecule has 114 valence electrons. The monoisotopic (exact) mass is 291 g/mol. The fourth-order valence-corrected chi connectivity index (χ4v) is 2.68. The largest absolute Gasteiger partial charge is 0.479 e. The molecular weight excluding hydrogens is 270 g/mol. The SMILES string of the molecule is Cc1ccccc1C(C)N(C)C(=O)[C@@H]1CC[C@H](C(=O)O)O1. The number of ether oxygens (including phenoxy) is 1. The van der Waals surface area contributed by atoms with Gasteiger partial charge in [0, 0.05) is 7.05 Å². The molecule has 0 spiro atoms. The number of aryl methyl sites for hydroxylation is 1. The molecule has 0 radical (unpaired) electrons. The van der Waals surface area contributed by atoms with Crippen LogP contribution in [0.4, 0.5) is 0 Å². The van der Waals surface area contributed by atoms with Gasteiger partial charge < -0.3 is 14.7 Å². The number of nitrogens with zero attached hydrogens (tertiary/aromatic N) is 1. The van der Waals surface area contributed by atoms with Crippen LogP contribution >= 0.6 is 0 Å². The van der Waals surface area contributed by atoms with Gasteiger partial charge in [-0.1, -0.05) is 24.3 Å². The van der Waals surface area contributed by atoms with Crippen molar-refractivity contribution >= 4 is 11.9 Å². The van der Waals surface area contributed by atoms with E-state index in [1.54, 1.807) is 11.9 Å². The van der Waals surface area contributed by atoms with E-state index >= 15 is 0 Å². The first-order valence-corrected chi connectivity index (χ1v) is 7.12. The van der Waals surface area contributed by atoms with Gasteiger partial charge in [0.15, 0.2) is 6.10 Å². The van der Waals surface area contributed by atoms with Crippen LogP contribution in [0.2, 0.25) is 0 Å². The Labute approximate surface area is 124 Å². The standard InChI is InChI=1S/C16H21NO4/c1-10-6-4-5-7-12(10)11(2)17(3)15(18)13-8-9-14(21-13)16(19)20/h4-7,11,13-14H,8-9H2,1-3H3,(H,19,20)/t11?,13-,14+/m0/s1. The van der Waals surface area contributed by atoms with Gasteiger partial charge >= 0.3 is 5.97 Å². The third-order valence-electron chi connectivity index (χ3n) is 4.14. The van der Waals surface area contributed by atoms with Gasteiger partial charge in [-0.3, -0.25) is 4.79 Å². The Morgan fingerprint density at radius 1 is 1.29 bits per heavy atom. The van der Waals surface area contributed by atoms with Crippen molar-refractivity contribution in [2.24, 2.45) is 0 Å². The van der Waals surface area contributed by atoms with E-state index in [1.165, 1.54) is 0 Å². The lowest BCUT2D eigenvalue weighted by atomic mass is 10.0. The van der Waals surface area contributed by atoms with Crippen molar-refractivity contribution in [3.8, 4) is 0 Å². The summed E-state index contributed by atoms with van der Waals surface area (Å²) in [5, 5.41) is 8.93. The van der Waals surface area contributed by atoms with Gasteiger partial charge in [-0.25, -0.2) is 4.79 Å². The van der Waals surface area contributed by atoms with Gasteiger partial charge in [0.2, 0.25) is 0 Å². The average molecular weight is 291 g/mol. The number of amides is 1. The fourth-order valence-electron chi connectivity index (χ4n) is 2.68. The van der Waals surface area contributed by atoms with Crippen molar-refractivity contribution < 1.29 is 19.4 Å². The second-order valence-electron chi connectivity index (χ2n) is 5.51. The van der Waals surface area contributed by atoms with Gasteiger partial charge in [-0.05, 0) is 37.8 Å². The number of likely N-dealkylation sites (N-methyl/N-ethyl adjacent to an activating group) is 1. The van der Waals surface area contributed by atoms with E-state index < -0.39 is 18.2 Å². The van der Waals surface area contributed by atoms with Gasteiger partial charge in [0.1, 0.15) is 6.10 Å². The molecular formula is C16H21NO4. The van der Waals surface area contributed by atoms with Crippen LogP contribution in [0.15, 0.2) is 24.3 Å². The molecule has 1 heterocycles. The predicted molar refractivity (Wildman–Crippen MR) is 77.9 cm³/mol. The summed E-state index contributed by atoms with van der Waals surface area (Å²) in [6.45, 7) is 3.97. The van der Waals surface area contributed by atoms with Crippen LogP contribution < -0.4 is 0 Å².